The Kier molecular flexibility index (Phi) is 3.01. The van der Waals surface area contributed by atoms with Crippen LogP contribution in [0.3, 0.4) is 0 Å². The van der Waals surface area contributed by atoms with Crippen LogP contribution < -0.4 is 5.32 Å². The molecule has 0 radical (unpaired) electrons. The van der Waals surface area contributed by atoms with E-state index in [0.29, 0.717) is 11.8 Å². The van der Waals surface area contributed by atoms with Crippen molar-refractivity contribution in [3.63, 3.8) is 0 Å². The maximum absolute atomic E-state index is 12.1. The molecule has 3 aliphatic rings. The van der Waals surface area contributed by atoms with Gasteiger partial charge in [-0.2, -0.15) is 0 Å². The Labute approximate surface area is 98.2 Å². The van der Waals surface area contributed by atoms with Gasteiger partial charge in [-0.1, -0.05) is 32.1 Å². The third kappa shape index (κ3) is 2.04. The minimum Gasteiger partial charge on any atom is -0.304 e. The number of carbonyl (C=O) groups excluding carboxylic acids is 1. The molecule has 2 heteroatoms. The summed E-state index contributed by atoms with van der Waals surface area (Å²) in [6.07, 6.45) is 11.3. The maximum Gasteiger partial charge on any atom is 0.150 e. The van der Waals surface area contributed by atoms with Gasteiger partial charge < -0.3 is 5.32 Å². The van der Waals surface area contributed by atoms with E-state index < -0.39 is 0 Å². The zero-order valence-corrected chi connectivity index (χ0v) is 10.1. The Bertz CT molecular complexity index is 258. The van der Waals surface area contributed by atoms with Gasteiger partial charge in [0.25, 0.3) is 0 Å². The molecule has 1 saturated heterocycles. The van der Waals surface area contributed by atoms with Crippen molar-refractivity contribution in [2.24, 2.45) is 11.8 Å². The average molecular weight is 221 g/mol. The third-order valence-electron chi connectivity index (χ3n) is 4.97. The summed E-state index contributed by atoms with van der Waals surface area (Å²) >= 11 is 0. The first-order valence-corrected chi connectivity index (χ1v) is 7.11. The molecule has 3 rings (SSSR count). The molecule has 1 N–H and O–H groups in total. The zero-order valence-electron chi connectivity index (χ0n) is 10.1. The molecular weight excluding hydrogens is 198 g/mol. The number of rotatable bonds is 3. The van der Waals surface area contributed by atoms with Crippen LogP contribution in [0.5, 0.6) is 0 Å². The van der Waals surface area contributed by atoms with Gasteiger partial charge in [-0.3, -0.25) is 4.79 Å². The summed E-state index contributed by atoms with van der Waals surface area (Å²) < 4.78 is 0. The predicted molar refractivity (Wildman–Crippen MR) is 64.3 cm³/mol. The molecule has 2 nitrogen and oxygen atoms in total. The lowest BCUT2D eigenvalue weighted by Gasteiger charge is -2.26. The molecule has 0 aromatic carbocycles. The van der Waals surface area contributed by atoms with E-state index in [4.69, 9.17) is 0 Å². The van der Waals surface area contributed by atoms with Crippen LogP contribution in [-0.2, 0) is 4.79 Å². The summed E-state index contributed by atoms with van der Waals surface area (Å²) in [5.74, 6) is 2.06. The van der Waals surface area contributed by atoms with Crippen molar-refractivity contribution >= 4 is 5.78 Å². The van der Waals surface area contributed by atoms with Gasteiger partial charge in [0.15, 0.2) is 0 Å². The van der Waals surface area contributed by atoms with Crippen molar-refractivity contribution in [3.05, 3.63) is 0 Å². The lowest BCUT2D eigenvalue weighted by molar-refractivity contribution is -0.122. The van der Waals surface area contributed by atoms with Crippen LogP contribution in [0.4, 0.5) is 0 Å². The fourth-order valence-electron chi connectivity index (χ4n) is 3.69. The second kappa shape index (κ2) is 4.48. The van der Waals surface area contributed by atoms with Crippen LogP contribution in [0.15, 0.2) is 0 Å². The Morgan fingerprint density at radius 3 is 2.56 bits per heavy atom. The molecular formula is C14H23NO. The summed E-state index contributed by atoms with van der Waals surface area (Å²) in [7, 11) is 0. The molecule has 0 amide bonds. The molecule has 0 aromatic rings. The Balaban J connectivity index is 1.53. The van der Waals surface area contributed by atoms with E-state index in [1.54, 1.807) is 0 Å². The monoisotopic (exact) mass is 221 g/mol. The SMILES string of the molecule is O=C(CC1CCC1)C1CC2CCCCC2N1. The van der Waals surface area contributed by atoms with Gasteiger partial charge in [-0.05, 0) is 31.1 Å². The van der Waals surface area contributed by atoms with Gasteiger partial charge in [0, 0.05) is 12.5 Å². The normalized spacial score (nSPS) is 39.1. The first kappa shape index (κ1) is 10.8. The molecule has 0 spiro atoms. The van der Waals surface area contributed by atoms with Crippen molar-refractivity contribution in [1.82, 2.24) is 5.32 Å². The Morgan fingerprint density at radius 2 is 1.88 bits per heavy atom. The van der Waals surface area contributed by atoms with Crippen molar-refractivity contribution in [2.75, 3.05) is 0 Å². The summed E-state index contributed by atoms with van der Waals surface area (Å²) in [6, 6.07) is 0.887. The second-order valence-corrected chi connectivity index (χ2v) is 6.07. The second-order valence-electron chi connectivity index (χ2n) is 6.07. The predicted octanol–water partition coefficient (Wildman–Crippen LogP) is 2.67. The van der Waals surface area contributed by atoms with Crippen LogP contribution >= 0.6 is 0 Å². The molecule has 2 aliphatic carbocycles. The number of fused-ring (bicyclic) bond motifs is 1. The molecule has 90 valence electrons. The number of ketones is 1. The van der Waals surface area contributed by atoms with E-state index in [1.165, 1.54) is 44.9 Å². The zero-order chi connectivity index (χ0) is 11.0. The number of nitrogens with one attached hydrogen (secondary N) is 1. The van der Waals surface area contributed by atoms with Crippen molar-refractivity contribution in [2.45, 2.75) is 69.9 Å². The Morgan fingerprint density at radius 1 is 1.06 bits per heavy atom. The summed E-state index contributed by atoms with van der Waals surface area (Å²) in [6.45, 7) is 0. The van der Waals surface area contributed by atoms with E-state index >= 15 is 0 Å². The van der Waals surface area contributed by atoms with Crippen LogP contribution in [0.2, 0.25) is 0 Å². The van der Waals surface area contributed by atoms with Gasteiger partial charge in [0.05, 0.1) is 6.04 Å². The highest BCUT2D eigenvalue weighted by molar-refractivity contribution is 5.84. The van der Waals surface area contributed by atoms with E-state index in [2.05, 4.69) is 5.32 Å². The summed E-state index contributed by atoms with van der Waals surface area (Å²) in [4.78, 5) is 12.1. The third-order valence-corrected chi connectivity index (χ3v) is 4.97. The molecule has 1 heterocycles. The van der Waals surface area contributed by atoms with Crippen LogP contribution in [0.25, 0.3) is 0 Å². The van der Waals surface area contributed by atoms with E-state index in [0.717, 1.165) is 24.7 Å². The number of carbonyl (C=O) groups is 1. The summed E-state index contributed by atoms with van der Waals surface area (Å²) in [5, 5.41) is 3.60. The highest BCUT2D eigenvalue weighted by Gasteiger charge is 2.38. The molecule has 3 atom stereocenters. The molecule has 0 bridgehead atoms. The van der Waals surface area contributed by atoms with E-state index in [-0.39, 0.29) is 6.04 Å². The first-order valence-electron chi connectivity index (χ1n) is 7.11. The first-order chi connectivity index (χ1) is 7.83. The van der Waals surface area contributed by atoms with Crippen molar-refractivity contribution < 1.29 is 4.79 Å². The van der Waals surface area contributed by atoms with Gasteiger partial charge in [0.2, 0.25) is 0 Å². The molecule has 3 unspecified atom stereocenters. The van der Waals surface area contributed by atoms with Gasteiger partial charge in [0.1, 0.15) is 5.78 Å². The van der Waals surface area contributed by atoms with Gasteiger partial charge >= 0.3 is 0 Å². The van der Waals surface area contributed by atoms with E-state index in [9.17, 15) is 4.79 Å². The fourth-order valence-corrected chi connectivity index (χ4v) is 3.69. The molecule has 16 heavy (non-hydrogen) atoms. The fraction of sp³-hybridized carbons (Fsp3) is 0.929. The van der Waals surface area contributed by atoms with Crippen LogP contribution in [-0.4, -0.2) is 17.9 Å². The topological polar surface area (TPSA) is 29.1 Å². The number of Topliss-reactive ketones (excluding diaryl/α,β-unsaturated/α-hetero) is 1. The summed E-state index contributed by atoms with van der Waals surface area (Å²) in [5.41, 5.74) is 0. The van der Waals surface area contributed by atoms with Gasteiger partial charge in [-0.15, -0.1) is 0 Å². The highest BCUT2D eigenvalue weighted by atomic mass is 16.1. The largest absolute Gasteiger partial charge is 0.304 e. The van der Waals surface area contributed by atoms with Gasteiger partial charge in [-0.25, -0.2) is 0 Å². The Hall–Kier alpha value is -0.370. The minimum absolute atomic E-state index is 0.216. The molecule has 0 aromatic heterocycles. The maximum atomic E-state index is 12.1. The average Bonchev–Trinajstić information content (AvgIpc) is 2.66. The quantitative estimate of drug-likeness (QED) is 0.794. The standard InChI is InChI=1S/C14H23NO/c16-14(8-10-4-3-5-10)13-9-11-6-1-2-7-12(11)15-13/h10-13,15H,1-9H2. The van der Waals surface area contributed by atoms with Crippen molar-refractivity contribution in [1.29, 1.82) is 0 Å². The number of hydrogen-bond acceptors (Lipinski definition) is 2. The lowest BCUT2D eigenvalue weighted by Crippen LogP contribution is -2.38. The molecule has 3 fully saturated rings. The van der Waals surface area contributed by atoms with E-state index in [1.807, 2.05) is 0 Å². The smallest absolute Gasteiger partial charge is 0.150 e. The lowest BCUT2D eigenvalue weighted by atomic mass is 9.80. The molecule has 2 saturated carbocycles. The van der Waals surface area contributed by atoms with Crippen molar-refractivity contribution in [3.8, 4) is 0 Å². The minimum atomic E-state index is 0.216. The highest BCUT2D eigenvalue weighted by Crippen LogP contribution is 2.35. The molecule has 1 aliphatic heterocycles. The van der Waals surface area contributed by atoms with Crippen LogP contribution in [0.1, 0.15) is 57.8 Å². The van der Waals surface area contributed by atoms with Crippen LogP contribution in [0, 0.1) is 11.8 Å². The number of hydrogen-bond donors (Lipinski definition) is 1.